The Morgan fingerprint density at radius 1 is 0.957 bits per heavy atom. The quantitative estimate of drug-likeness (QED) is 0.851. The van der Waals surface area contributed by atoms with Crippen LogP contribution in [0, 0.1) is 0 Å². The van der Waals surface area contributed by atoms with Crippen LogP contribution in [0.5, 0.6) is 0 Å². The molecule has 2 aromatic rings. The van der Waals surface area contributed by atoms with Gasteiger partial charge in [0.1, 0.15) is 0 Å². The summed E-state index contributed by atoms with van der Waals surface area (Å²) in [4.78, 5) is 11.2. The van der Waals surface area contributed by atoms with E-state index in [2.05, 4.69) is 17.0 Å². The van der Waals surface area contributed by atoms with E-state index in [0.717, 1.165) is 18.4 Å². The Hall–Kier alpha value is -2.34. The monoisotopic (exact) mass is 332 g/mol. The fourth-order valence-corrected chi connectivity index (χ4v) is 3.22. The molecule has 0 spiro atoms. The number of rotatable bonds is 6. The Bertz CT molecular complexity index is 766. The number of nitrogens with one attached hydrogen (secondary N) is 2. The molecule has 23 heavy (non-hydrogen) atoms. The van der Waals surface area contributed by atoms with Crippen LogP contribution in [0.15, 0.2) is 53.4 Å². The maximum absolute atomic E-state index is 12.4. The van der Waals surface area contributed by atoms with Crippen molar-refractivity contribution in [1.82, 2.24) is 0 Å². The van der Waals surface area contributed by atoms with Gasteiger partial charge in [0.05, 0.1) is 4.90 Å². The Balaban J connectivity index is 2.12. The zero-order valence-electron chi connectivity index (χ0n) is 13.2. The molecule has 5 nitrogen and oxygen atoms in total. The van der Waals surface area contributed by atoms with Crippen LogP contribution < -0.4 is 10.0 Å². The molecule has 6 heteroatoms. The van der Waals surface area contributed by atoms with Gasteiger partial charge >= 0.3 is 0 Å². The predicted octanol–water partition coefficient (Wildman–Crippen LogP) is 3.40. The fourth-order valence-electron chi connectivity index (χ4n) is 2.16. The highest BCUT2D eigenvalue weighted by atomic mass is 32.2. The van der Waals surface area contributed by atoms with E-state index in [0.29, 0.717) is 11.4 Å². The van der Waals surface area contributed by atoms with Crippen molar-refractivity contribution >= 4 is 27.3 Å². The van der Waals surface area contributed by atoms with Crippen molar-refractivity contribution in [3.63, 3.8) is 0 Å². The SMILES string of the molecule is CCCc1ccc(S(=O)(=O)Nc2ccc(NC(C)=O)cc2)cc1. The van der Waals surface area contributed by atoms with E-state index in [1.807, 2.05) is 12.1 Å². The highest BCUT2D eigenvalue weighted by Crippen LogP contribution is 2.19. The van der Waals surface area contributed by atoms with Crippen LogP contribution >= 0.6 is 0 Å². The Labute approximate surface area is 136 Å². The summed E-state index contributed by atoms with van der Waals surface area (Å²) in [6, 6.07) is 13.4. The number of carbonyl (C=O) groups excluding carboxylic acids is 1. The second kappa shape index (κ2) is 7.28. The summed E-state index contributed by atoms with van der Waals surface area (Å²) < 4.78 is 27.2. The van der Waals surface area contributed by atoms with Gasteiger partial charge in [-0.3, -0.25) is 9.52 Å². The Kier molecular flexibility index (Phi) is 5.39. The van der Waals surface area contributed by atoms with Crippen LogP contribution in [-0.2, 0) is 21.2 Å². The second-order valence-electron chi connectivity index (χ2n) is 5.26. The molecule has 0 radical (unpaired) electrons. The first-order valence-corrected chi connectivity index (χ1v) is 8.88. The standard InChI is InChI=1S/C17H20N2O3S/c1-3-4-14-5-11-17(12-6-14)23(21,22)19-16-9-7-15(8-10-16)18-13(2)20/h5-12,19H,3-4H2,1-2H3,(H,18,20). The molecule has 0 atom stereocenters. The molecule has 1 amide bonds. The molecule has 0 aliphatic carbocycles. The first-order chi connectivity index (χ1) is 10.9. The molecular formula is C17H20N2O3S. The molecule has 0 fully saturated rings. The number of anilines is 2. The first-order valence-electron chi connectivity index (χ1n) is 7.40. The summed E-state index contributed by atoms with van der Waals surface area (Å²) in [5, 5.41) is 2.63. The van der Waals surface area contributed by atoms with Gasteiger partial charge in [-0.05, 0) is 48.4 Å². The van der Waals surface area contributed by atoms with Gasteiger partial charge in [-0.1, -0.05) is 25.5 Å². The third-order valence-corrected chi connectivity index (χ3v) is 4.63. The van der Waals surface area contributed by atoms with Crippen LogP contribution in [0.4, 0.5) is 11.4 Å². The lowest BCUT2D eigenvalue weighted by atomic mass is 10.1. The van der Waals surface area contributed by atoms with Gasteiger partial charge in [-0.2, -0.15) is 0 Å². The number of hydrogen-bond acceptors (Lipinski definition) is 3. The van der Waals surface area contributed by atoms with Crippen LogP contribution in [-0.4, -0.2) is 14.3 Å². The number of sulfonamides is 1. The zero-order valence-corrected chi connectivity index (χ0v) is 14.0. The molecule has 2 aromatic carbocycles. The molecule has 2 rings (SSSR count). The van der Waals surface area contributed by atoms with Crippen molar-refractivity contribution in [1.29, 1.82) is 0 Å². The van der Waals surface area contributed by atoms with Gasteiger partial charge in [0.15, 0.2) is 0 Å². The van der Waals surface area contributed by atoms with Gasteiger partial charge in [0.2, 0.25) is 5.91 Å². The van der Waals surface area contributed by atoms with Crippen LogP contribution in [0.2, 0.25) is 0 Å². The van der Waals surface area contributed by atoms with E-state index in [1.165, 1.54) is 6.92 Å². The molecule has 0 aromatic heterocycles. The summed E-state index contributed by atoms with van der Waals surface area (Å²) in [7, 11) is -3.62. The molecule has 122 valence electrons. The van der Waals surface area contributed by atoms with E-state index in [4.69, 9.17) is 0 Å². The van der Waals surface area contributed by atoms with Crippen molar-refractivity contribution in [2.24, 2.45) is 0 Å². The van der Waals surface area contributed by atoms with Gasteiger partial charge in [0, 0.05) is 18.3 Å². The predicted molar refractivity (Wildman–Crippen MR) is 92.0 cm³/mol. The minimum atomic E-state index is -3.62. The van der Waals surface area contributed by atoms with E-state index >= 15 is 0 Å². The van der Waals surface area contributed by atoms with Gasteiger partial charge < -0.3 is 5.32 Å². The Morgan fingerprint density at radius 2 is 1.52 bits per heavy atom. The number of amides is 1. The molecular weight excluding hydrogens is 312 g/mol. The maximum Gasteiger partial charge on any atom is 0.261 e. The molecule has 0 heterocycles. The van der Waals surface area contributed by atoms with E-state index in [-0.39, 0.29) is 10.8 Å². The van der Waals surface area contributed by atoms with Gasteiger partial charge in [0.25, 0.3) is 10.0 Å². The third-order valence-electron chi connectivity index (χ3n) is 3.23. The van der Waals surface area contributed by atoms with Gasteiger partial charge in [-0.15, -0.1) is 0 Å². The first kappa shape index (κ1) is 17.0. The summed E-state index contributed by atoms with van der Waals surface area (Å²) in [5.41, 5.74) is 2.17. The molecule has 0 aliphatic rings. The van der Waals surface area contributed by atoms with Gasteiger partial charge in [-0.25, -0.2) is 8.42 Å². The third kappa shape index (κ3) is 4.82. The van der Waals surface area contributed by atoms with E-state index in [9.17, 15) is 13.2 Å². The summed E-state index contributed by atoms with van der Waals surface area (Å²) in [6.45, 7) is 3.50. The van der Waals surface area contributed by atoms with Crippen LogP contribution in [0.3, 0.4) is 0 Å². The molecule has 0 unspecified atom stereocenters. The lowest BCUT2D eigenvalue weighted by Crippen LogP contribution is -2.13. The normalized spacial score (nSPS) is 11.0. The summed E-state index contributed by atoms with van der Waals surface area (Å²) in [6.07, 6.45) is 1.95. The van der Waals surface area contributed by atoms with E-state index in [1.54, 1.807) is 36.4 Å². The lowest BCUT2D eigenvalue weighted by Gasteiger charge is -2.09. The van der Waals surface area contributed by atoms with Crippen molar-refractivity contribution in [3.05, 3.63) is 54.1 Å². The highest BCUT2D eigenvalue weighted by Gasteiger charge is 2.13. The highest BCUT2D eigenvalue weighted by molar-refractivity contribution is 7.92. The average molecular weight is 332 g/mol. The summed E-state index contributed by atoms with van der Waals surface area (Å²) >= 11 is 0. The van der Waals surface area contributed by atoms with Crippen molar-refractivity contribution in [2.45, 2.75) is 31.6 Å². The topological polar surface area (TPSA) is 75.3 Å². The zero-order chi connectivity index (χ0) is 16.9. The molecule has 0 saturated carbocycles. The van der Waals surface area contributed by atoms with Crippen molar-refractivity contribution in [3.8, 4) is 0 Å². The average Bonchev–Trinajstić information content (AvgIpc) is 2.49. The second-order valence-corrected chi connectivity index (χ2v) is 6.94. The molecule has 0 saturated heterocycles. The number of aryl methyl sites for hydroxylation is 1. The number of carbonyl (C=O) groups is 1. The van der Waals surface area contributed by atoms with Crippen LogP contribution in [0.1, 0.15) is 25.8 Å². The van der Waals surface area contributed by atoms with Crippen molar-refractivity contribution < 1.29 is 13.2 Å². The minimum Gasteiger partial charge on any atom is -0.326 e. The van der Waals surface area contributed by atoms with Crippen LogP contribution in [0.25, 0.3) is 0 Å². The molecule has 2 N–H and O–H groups in total. The molecule has 0 aliphatic heterocycles. The summed E-state index contributed by atoms with van der Waals surface area (Å²) in [5.74, 6) is -0.175. The largest absolute Gasteiger partial charge is 0.326 e. The maximum atomic E-state index is 12.4. The number of benzene rings is 2. The fraction of sp³-hybridized carbons (Fsp3) is 0.235. The number of hydrogen-bond donors (Lipinski definition) is 2. The minimum absolute atomic E-state index is 0.175. The van der Waals surface area contributed by atoms with E-state index < -0.39 is 10.0 Å². The lowest BCUT2D eigenvalue weighted by molar-refractivity contribution is -0.114. The smallest absolute Gasteiger partial charge is 0.261 e. The molecule has 0 bridgehead atoms. The van der Waals surface area contributed by atoms with Crippen molar-refractivity contribution in [2.75, 3.05) is 10.0 Å². The Morgan fingerprint density at radius 3 is 2.04 bits per heavy atom.